The number of benzene rings is 2. The van der Waals surface area contributed by atoms with Gasteiger partial charge in [-0.3, -0.25) is 9.59 Å². The van der Waals surface area contributed by atoms with Gasteiger partial charge in [-0.1, -0.05) is 11.6 Å². The minimum atomic E-state index is -0.757. The molecule has 0 saturated heterocycles. The second-order valence-electron chi connectivity index (χ2n) is 4.34. The summed E-state index contributed by atoms with van der Waals surface area (Å²) in [7, 11) is 1.48. The van der Waals surface area contributed by atoms with E-state index in [1.54, 1.807) is 36.4 Å². The summed E-state index contributed by atoms with van der Waals surface area (Å²) in [5.41, 5.74) is 0.987. The second kappa shape index (κ2) is 6.28. The maximum Gasteiger partial charge on any atom is 0.316 e. The van der Waals surface area contributed by atoms with Crippen LogP contribution in [0.3, 0.4) is 0 Å². The molecule has 0 aromatic heterocycles. The molecule has 108 valence electrons. The van der Waals surface area contributed by atoms with Crippen molar-refractivity contribution in [3.63, 3.8) is 0 Å². The summed E-state index contributed by atoms with van der Waals surface area (Å²) >= 11 is 5.75. The van der Waals surface area contributed by atoms with E-state index in [0.717, 1.165) is 0 Å². The van der Waals surface area contributed by atoms with Gasteiger partial charge < -0.3 is 15.3 Å². The molecule has 0 bridgehead atoms. The standard InChI is InChI=1S/C15H13ClN2O3/c1-18(12-6-8-13(19)9-7-12)15(21)14(20)17-11-4-2-10(16)3-5-11/h2-9,19H,1H3,(H,17,20). The van der Waals surface area contributed by atoms with E-state index in [9.17, 15) is 14.7 Å². The predicted octanol–water partition coefficient (Wildman–Crippen LogP) is 2.65. The van der Waals surface area contributed by atoms with E-state index in [4.69, 9.17) is 11.6 Å². The highest BCUT2D eigenvalue weighted by molar-refractivity contribution is 6.44. The first-order valence-corrected chi connectivity index (χ1v) is 6.49. The van der Waals surface area contributed by atoms with Gasteiger partial charge in [-0.05, 0) is 48.5 Å². The van der Waals surface area contributed by atoms with Gasteiger partial charge in [0, 0.05) is 23.4 Å². The van der Waals surface area contributed by atoms with Crippen LogP contribution in [0.5, 0.6) is 5.75 Å². The molecular weight excluding hydrogens is 292 g/mol. The third-order valence-electron chi connectivity index (χ3n) is 2.84. The van der Waals surface area contributed by atoms with Gasteiger partial charge in [-0.2, -0.15) is 0 Å². The lowest BCUT2D eigenvalue weighted by Gasteiger charge is -2.16. The highest BCUT2D eigenvalue weighted by Gasteiger charge is 2.20. The van der Waals surface area contributed by atoms with E-state index in [-0.39, 0.29) is 5.75 Å². The van der Waals surface area contributed by atoms with Crippen molar-refractivity contribution in [2.75, 3.05) is 17.3 Å². The predicted molar refractivity (Wildman–Crippen MR) is 81.6 cm³/mol. The molecule has 0 heterocycles. The first-order chi connectivity index (χ1) is 9.97. The van der Waals surface area contributed by atoms with Crippen LogP contribution in [0.1, 0.15) is 0 Å². The largest absolute Gasteiger partial charge is 0.508 e. The summed E-state index contributed by atoms with van der Waals surface area (Å²) in [4.78, 5) is 25.1. The molecule has 6 heteroatoms. The normalized spacial score (nSPS) is 10.0. The summed E-state index contributed by atoms with van der Waals surface area (Å²) in [6.07, 6.45) is 0. The Morgan fingerprint density at radius 2 is 1.62 bits per heavy atom. The Hall–Kier alpha value is -2.53. The number of halogens is 1. The molecule has 0 saturated carbocycles. The van der Waals surface area contributed by atoms with E-state index < -0.39 is 11.8 Å². The number of carbonyl (C=O) groups excluding carboxylic acids is 2. The monoisotopic (exact) mass is 304 g/mol. The smallest absolute Gasteiger partial charge is 0.316 e. The van der Waals surface area contributed by atoms with Gasteiger partial charge in [0.2, 0.25) is 0 Å². The van der Waals surface area contributed by atoms with Gasteiger partial charge in [0.15, 0.2) is 0 Å². The van der Waals surface area contributed by atoms with Gasteiger partial charge in [0.1, 0.15) is 5.75 Å². The third-order valence-corrected chi connectivity index (χ3v) is 3.09. The van der Waals surface area contributed by atoms with Crippen LogP contribution >= 0.6 is 11.6 Å². The van der Waals surface area contributed by atoms with Gasteiger partial charge in [-0.15, -0.1) is 0 Å². The fraction of sp³-hybridized carbons (Fsp3) is 0.0667. The fourth-order valence-corrected chi connectivity index (χ4v) is 1.79. The summed E-state index contributed by atoms with van der Waals surface area (Å²) in [6.45, 7) is 0. The lowest BCUT2D eigenvalue weighted by molar-refractivity contribution is -0.134. The van der Waals surface area contributed by atoms with Crippen LogP contribution in [-0.4, -0.2) is 24.0 Å². The first-order valence-electron chi connectivity index (χ1n) is 6.11. The maximum absolute atomic E-state index is 12.0. The fourth-order valence-electron chi connectivity index (χ4n) is 1.66. The van der Waals surface area contributed by atoms with E-state index >= 15 is 0 Å². The van der Waals surface area contributed by atoms with Crippen molar-refractivity contribution in [3.05, 3.63) is 53.6 Å². The lowest BCUT2D eigenvalue weighted by atomic mass is 10.2. The summed E-state index contributed by atoms with van der Waals surface area (Å²) in [5, 5.41) is 12.2. The molecule has 2 amide bonds. The van der Waals surface area contributed by atoms with Crippen molar-refractivity contribution in [2.45, 2.75) is 0 Å². The molecule has 0 aliphatic carbocycles. The molecule has 0 unspecified atom stereocenters. The van der Waals surface area contributed by atoms with Crippen molar-refractivity contribution in [3.8, 4) is 5.75 Å². The third kappa shape index (κ3) is 3.73. The molecule has 5 nitrogen and oxygen atoms in total. The van der Waals surface area contributed by atoms with E-state index in [2.05, 4.69) is 5.32 Å². The van der Waals surface area contributed by atoms with Crippen LogP contribution in [0.2, 0.25) is 5.02 Å². The number of nitrogens with one attached hydrogen (secondary N) is 1. The maximum atomic E-state index is 12.0. The van der Waals surface area contributed by atoms with Crippen LogP contribution in [0, 0.1) is 0 Å². The van der Waals surface area contributed by atoms with Crippen molar-refractivity contribution in [1.82, 2.24) is 0 Å². The van der Waals surface area contributed by atoms with E-state index in [1.165, 1.54) is 24.1 Å². The number of aromatic hydroxyl groups is 1. The number of phenolic OH excluding ortho intramolecular Hbond substituents is 1. The molecule has 0 spiro atoms. The van der Waals surface area contributed by atoms with Gasteiger partial charge in [0.05, 0.1) is 0 Å². The zero-order valence-electron chi connectivity index (χ0n) is 11.2. The van der Waals surface area contributed by atoms with Crippen LogP contribution in [0.15, 0.2) is 48.5 Å². The van der Waals surface area contributed by atoms with Crippen molar-refractivity contribution in [1.29, 1.82) is 0 Å². The van der Waals surface area contributed by atoms with Crippen LogP contribution in [-0.2, 0) is 9.59 Å². The number of hydrogen-bond acceptors (Lipinski definition) is 3. The topological polar surface area (TPSA) is 69.6 Å². The Kier molecular flexibility index (Phi) is 4.45. The molecule has 2 aromatic rings. The zero-order chi connectivity index (χ0) is 15.4. The van der Waals surface area contributed by atoms with Crippen LogP contribution in [0.4, 0.5) is 11.4 Å². The number of likely N-dealkylation sites (N-methyl/N-ethyl adjacent to an activating group) is 1. The van der Waals surface area contributed by atoms with Gasteiger partial charge in [0.25, 0.3) is 0 Å². The Morgan fingerprint density at radius 1 is 1.05 bits per heavy atom. The minimum absolute atomic E-state index is 0.0882. The lowest BCUT2D eigenvalue weighted by Crippen LogP contribution is -2.37. The van der Waals surface area contributed by atoms with Crippen molar-refractivity contribution in [2.24, 2.45) is 0 Å². The van der Waals surface area contributed by atoms with E-state index in [0.29, 0.717) is 16.4 Å². The summed E-state index contributed by atoms with van der Waals surface area (Å²) in [6, 6.07) is 12.4. The highest BCUT2D eigenvalue weighted by Crippen LogP contribution is 2.18. The SMILES string of the molecule is CN(C(=O)C(=O)Nc1ccc(Cl)cc1)c1ccc(O)cc1. The van der Waals surface area contributed by atoms with E-state index in [1.807, 2.05) is 0 Å². The molecule has 2 rings (SSSR count). The number of phenols is 1. The van der Waals surface area contributed by atoms with Crippen molar-refractivity contribution >= 4 is 34.8 Å². The molecule has 0 atom stereocenters. The molecule has 21 heavy (non-hydrogen) atoms. The first kappa shape index (κ1) is 14.9. The average Bonchev–Trinajstić information content (AvgIpc) is 2.49. The molecule has 0 fully saturated rings. The number of carbonyl (C=O) groups is 2. The quantitative estimate of drug-likeness (QED) is 0.838. The van der Waals surface area contributed by atoms with Gasteiger partial charge in [-0.25, -0.2) is 0 Å². The zero-order valence-corrected chi connectivity index (χ0v) is 12.0. The highest BCUT2D eigenvalue weighted by atomic mass is 35.5. The number of hydrogen-bond donors (Lipinski definition) is 2. The number of nitrogens with zero attached hydrogens (tertiary/aromatic N) is 1. The summed E-state index contributed by atoms with van der Waals surface area (Å²) < 4.78 is 0. The van der Waals surface area contributed by atoms with Crippen LogP contribution < -0.4 is 10.2 Å². The second-order valence-corrected chi connectivity index (χ2v) is 4.78. The number of rotatable bonds is 2. The molecular formula is C15H13ClN2O3. The molecule has 0 radical (unpaired) electrons. The molecule has 2 aromatic carbocycles. The summed E-state index contributed by atoms with van der Waals surface area (Å²) in [5.74, 6) is -1.38. The molecule has 0 aliphatic heterocycles. The number of anilines is 2. The Morgan fingerprint density at radius 3 is 2.19 bits per heavy atom. The van der Waals surface area contributed by atoms with Gasteiger partial charge >= 0.3 is 11.8 Å². The minimum Gasteiger partial charge on any atom is -0.508 e. The number of amides is 2. The Balaban J connectivity index is 2.06. The van der Waals surface area contributed by atoms with Crippen molar-refractivity contribution < 1.29 is 14.7 Å². The average molecular weight is 305 g/mol. The van der Waals surface area contributed by atoms with Crippen LogP contribution in [0.25, 0.3) is 0 Å². The Bertz CT molecular complexity index is 654. The Labute approximate surface area is 126 Å². The molecule has 2 N–H and O–H groups in total. The molecule has 0 aliphatic rings.